The van der Waals surface area contributed by atoms with E-state index in [-0.39, 0.29) is 23.7 Å². The summed E-state index contributed by atoms with van der Waals surface area (Å²) in [6.45, 7) is 2.04. The Morgan fingerprint density at radius 1 is 1.03 bits per heavy atom. The molecule has 0 bridgehead atoms. The molecule has 2 aliphatic rings. The summed E-state index contributed by atoms with van der Waals surface area (Å²) >= 11 is 5.99. The standard InChI is InChI=1S/C24H26ClN3O4/c1-32-24(31)21(16-7-9-19(25)10-8-16)27-11-13-28(14-12-27)23(30)18-3-2-4-20(15-18)26-22(29)17-5-6-17/h2-4,7-10,15,17,21H,5-6,11-14H2,1H3,(H,26,29). The summed E-state index contributed by atoms with van der Waals surface area (Å²) in [7, 11) is 1.38. The van der Waals surface area contributed by atoms with Crippen LogP contribution >= 0.6 is 11.6 Å². The van der Waals surface area contributed by atoms with E-state index in [0.717, 1.165) is 18.4 Å². The lowest BCUT2D eigenvalue weighted by Crippen LogP contribution is -2.51. The van der Waals surface area contributed by atoms with Gasteiger partial charge in [-0.05, 0) is 48.7 Å². The molecule has 4 rings (SSSR count). The molecule has 1 aliphatic heterocycles. The molecule has 1 N–H and O–H groups in total. The van der Waals surface area contributed by atoms with Gasteiger partial charge in [-0.3, -0.25) is 14.5 Å². The number of amides is 2. The fraction of sp³-hybridized carbons (Fsp3) is 0.375. The average molecular weight is 456 g/mol. The van der Waals surface area contributed by atoms with E-state index in [9.17, 15) is 14.4 Å². The van der Waals surface area contributed by atoms with Crippen LogP contribution in [0.5, 0.6) is 0 Å². The van der Waals surface area contributed by atoms with Crippen LogP contribution in [0.2, 0.25) is 5.02 Å². The lowest BCUT2D eigenvalue weighted by molar-refractivity contribution is -0.148. The van der Waals surface area contributed by atoms with Crippen LogP contribution in [0.1, 0.15) is 34.8 Å². The number of esters is 1. The van der Waals surface area contributed by atoms with Gasteiger partial charge in [0.2, 0.25) is 5.91 Å². The lowest BCUT2D eigenvalue weighted by Gasteiger charge is -2.38. The molecular formula is C24H26ClN3O4. The van der Waals surface area contributed by atoms with Crippen LogP contribution in [-0.4, -0.2) is 60.9 Å². The van der Waals surface area contributed by atoms with Crippen molar-refractivity contribution in [2.75, 3.05) is 38.6 Å². The fourth-order valence-corrected chi connectivity index (χ4v) is 4.06. The van der Waals surface area contributed by atoms with E-state index in [4.69, 9.17) is 16.3 Å². The Labute approximate surface area is 192 Å². The highest BCUT2D eigenvalue weighted by Crippen LogP contribution is 2.30. The number of carbonyl (C=O) groups excluding carboxylic acids is 3. The van der Waals surface area contributed by atoms with Gasteiger partial charge in [0.25, 0.3) is 5.91 Å². The average Bonchev–Trinajstić information content (AvgIpc) is 3.66. The zero-order valence-corrected chi connectivity index (χ0v) is 18.7. The van der Waals surface area contributed by atoms with Gasteiger partial charge in [0.1, 0.15) is 6.04 Å². The predicted molar refractivity (Wildman–Crippen MR) is 121 cm³/mol. The van der Waals surface area contributed by atoms with Gasteiger partial charge in [0, 0.05) is 48.4 Å². The molecule has 0 aromatic heterocycles. The Hall–Kier alpha value is -2.90. The molecular weight excluding hydrogens is 430 g/mol. The molecule has 1 unspecified atom stereocenters. The number of hydrogen-bond donors (Lipinski definition) is 1. The van der Waals surface area contributed by atoms with Gasteiger partial charge in [-0.1, -0.05) is 29.8 Å². The predicted octanol–water partition coefficient (Wildman–Crippen LogP) is 3.36. The molecule has 0 spiro atoms. The number of ether oxygens (including phenoxy) is 1. The van der Waals surface area contributed by atoms with Crippen molar-refractivity contribution in [3.8, 4) is 0 Å². The summed E-state index contributed by atoms with van der Waals surface area (Å²) in [4.78, 5) is 41.4. The third-order valence-electron chi connectivity index (χ3n) is 5.90. The second-order valence-corrected chi connectivity index (χ2v) is 8.59. The number of nitrogens with one attached hydrogen (secondary N) is 1. The number of anilines is 1. The van der Waals surface area contributed by atoms with E-state index < -0.39 is 6.04 Å². The number of rotatable bonds is 6. The van der Waals surface area contributed by atoms with Crippen LogP contribution in [0.4, 0.5) is 5.69 Å². The van der Waals surface area contributed by atoms with Crippen molar-refractivity contribution in [1.29, 1.82) is 0 Å². The van der Waals surface area contributed by atoms with Crippen molar-refractivity contribution in [3.63, 3.8) is 0 Å². The van der Waals surface area contributed by atoms with E-state index in [0.29, 0.717) is 42.5 Å². The van der Waals surface area contributed by atoms with Crippen LogP contribution in [-0.2, 0) is 14.3 Å². The molecule has 2 fully saturated rings. The summed E-state index contributed by atoms with van der Waals surface area (Å²) in [5.74, 6) is -0.315. The Morgan fingerprint density at radius 2 is 1.72 bits per heavy atom. The first-order chi connectivity index (χ1) is 15.5. The zero-order valence-electron chi connectivity index (χ0n) is 17.9. The van der Waals surface area contributed by atoms with Crippen molar-refractivity contribution in [1.82, 2.24) is 9.80 Å². The van der Waals surface area contributed by atoms with E-state index >= 15 is 0 Å². The van der Waals surface area contributed by atoms with Gasteiger partial charge in [-0.15, -0.1) is 0 Å². The summed E-state index contributed by atoms with van der Waals surface area (Å²) in [6, 6.07) is 13.7. The monoisotopic (exact) mass is 455 g/mol. The highest BCUT2D eigenvalue weighted by Gasteiger charge is 2.33. The second-order valence-electron chi connectivity index (χ2n) is 8.15. The first-order valence-corrected chi connectivity index (χ1v) is 11.1. The van der Waals surface area contributed by atoms with Gasteiger partial charge in [-0.25, -0.2) is 4.79 Å². The molecule has 1 heterocycles. The SMILES string of the molecule is COC(=O)C(c1ccc(Cl)cc1)N1CCN(C(=O)c2cccc(NC(=O)C3CC3)c2)CC1. The number of piperazine rings is 1. The van der Waals surface area contributed by atoms with Crippen molar-refractivity contribution >= 4 is 35.1 Å². The van der Waals surface area contributed by atoms with Crippen LogP contribution in [0, 0.1) is 5.92 Å². The Morgan fingerprint density at radius 3 is 2.34 bits per heavy atom. The highest BCUT2D eigenvalue weighted by atomic mass is 35.5. The Bertz CT molecular complexity index is 999. The molecule has 1 aliphatic carbocycles. The summed E-state index contributed by atoms with van der Waals surface area (Å²) in [6.07, 6.45) is 1.86. The van der Waals surface area contributed by atoms with E-state index in [1.165, 1.54) is 7.11 Å². The third kappa shape index (κ3) is 5.11. The minimum atomic E-state index is -0.546. The molecule has 8 heteroatoms. The first-order valence-electron chi connectivity index (χ1n) is 10.7. The molecule has 7 nitrogen and oxygen atoms in total. The van der Waals surface area contributed by atoms with E-state index in [1.807, 2.05) is 17.0 Å². The van der Waals surface area contributed by atoms with Gasteiger partial charge in [-0.2, -0.15) is 0 Å². The Balaban J connectivity index is 1.41. The van der Waals surface area contributed by atoms with Crippen molar-refractivity contribution in [2.45, 2.75) is 18.9 Å². The van der Waals surface area contributed by atoms with Crippen LogP contribution < -0.4 is 5.32 Å². The maximum atomic E-state index is 13.0. The Kier molecular flexibility index (Phi) is 6.77. The molecule has 168 valence electrons. The minimum absolute atomic E-state index is 0.0132. The first kappa shape index (κ1) is 22.3. The molecule has 32 heavy (non-hydrogen) atoms. The van der Waals surface area contributed by atoms with Crippen LogP contribution in [0.15, 0.2) is 48.5 Å². The zero-order chi connectivity index (χ0) is 22.7. The van der Waals surface area contributed by atoms with Crippen LogP contribution in [0.3, 0.4) is 0 Å². The third-order valence-corrected chi connectivity index (χ3v) is 6.15. The smallest absolute Gasteiger partial charge is 0.327 e. The van der Waals surface area contributed by atoms with Gasteiger partial charge in [0.15, 0.2) is 0 Å². The van der Waals surface area contributed by atoms with Crippen LogP contribution in [0.25, 0.3) is 0 Å². The second kappa shape index (κ2) is 9.71. The number of carbonyl (C=O) groups is 3. The maximum absolute atomic E-state index is 13.0. The fourth-order valence-electron chi connectivity index (χ4n) is 3.94. The normalized spacial score (nSPS) is 17.5. The molecule has 1 saturated carbocycles. The summed E-state index contributed by atoms with van der Waals surface area (Å²) < 4.78 is 5.03. The quantitative estimate of drug-likeness (QED) is 0.676. The number of methoxy groups -OCH3 is 1. The van der Waals surface area contributed by atoms with Crippen molar-refractivity contribution in [2.24, 2.45) is 5.92 Å². The van der Waals surface area contributed by atoms with Crippen molar-refractivity contribution in [3.05, 3.63) is 64.7 Å². The molecule has 1 atom stereocenters. The topological polar surface area (TPSA) is 79.0 Å². The van der Waals surface area contributed by atoms with Gasteiger partial charge >= 0.3 is 5.97 Å². The molecule has 1 saturated heterocycles. The molecule has 2 aromatic rings. The largest absolute Gasteiger partial charge is 0.468 e. The molecule has 2 aromatic carbocycles. The van der Waals surface area contributed by atoms with Gasteiger partial charge < -0.3 is 15.0 Å². The molecule has 2 amide bonds. The summed E-state index contributed by atoms with van der Waals surface area (Å²) in [5, 5.41) is 3.49. The minimum Gasteiger partial charge on any atom is -0.468 e. The highest BCUT2D eigenvalue weighted by molar-refractivity contribution is 6.30. The van der Waals surface area contributed by atoms with Gasteiger partial charge in [0.05, 0.1) is 7.11 Å². The summed E-state index contributed by atoms with van der Waals surface area (Å²) in [5.41, 5.74) is 1.98. The van der Waals surface area contributed by atoms with E-state index in [2.05, 4.69) is 5.32 Å². The van der Waals surface area contributed by atoms with Crippen molar-refractivity contribution < 1.29 is 19.1 Å². The van der Waals surface area contributed by atoms with E-state index in [1.54, 1.807) is 41.3 Å². The number of benzene rings is 2. The maximum Gasteiger partial charge on any atom is 0.327 e. The number of hydrogen-bond acceptors (Lipinski definition) is 5. The lowest BCUT2D eigenvalue weighted by atomic mass is 10.0. The molecule has 0 radical (unpaired) electrons. The number of nitrogens with zero attached hydrogens (tertiary/aromatic N) is 2. The number of halogens is 1.